The Hall–Kier alpha value is -2.36. The van der Waals surface area contributed by atoms with Crippen molar-refractivity contribution in [2.24, 2.45) is 35.5 Å². The molecule has 4 fully saturated rings. The molecule has 2 N–H and O–H groups in total. The second-order valence-corrected chi connectivity index (χ2v) is 11.3. The first-order valence-electron chi connectivity index (χ1n) is 12.8. The molecule has 3 saturated carbocycles. The Labute approximate surface area is 205 Å². The number of rotatable bonds is 7. The molecule has 196 valence electrons. The number of fused-ring (bicyclic) bond motifs is 3. The number of halogens is 5. The van der Waals surface area contributed by atoms with Gasteiger partial charge in [-0.3, -0.25) is 9.69 Å². The minimum absolute atomic E-state index is 0.217. The van der Waals surface area contributed by atoms with Crippen LogP contribution in [0.25, 0.3) is 10.9 Å². The minimum atomic E-state index is -4.14. The van der Waals surface area contributed by atoms with Crippen LogP contribution in [0.4, 0.5) is 27.6 Å². The molecule has 5 atom stereocenters. The fourth-order valence-corrected chi connectivity index (χ4v) is 7.04. The van der Waals surface area contributed by atoms with Gasteiger partial charge in [0.1, 0.15) is 5.75 Å². The van der Waals surface area contributed by atoms with E-state index in [4.69, 9.17) is 4.74 Å². The summed E-state index contributed by atoms with van der Waals surface area (Å²) in [6, 6.07) is 5.59. The van der Waals surface area contributed by atoms with E-state index in [1.165, 1.54) is 4.90 Å². The van der Waals surface area contributed by atoms with E-state index >= 15 is 0 Å². The SMILES string of the molecule is O=C(Nc1c[nH]c2ccc(OCCC3C[C@@H]4CN(CC(F)(F)F)C[C@@H]4C3)cc12)C1CC2C(C1)C2(F)F. The van der Waals surface area contributed by atoms with Crippen molar-refractivity contribution in [1.29, 1.82) is 0 Å². The summed E-state index contributed by atoms with van der Waals surface area (Å²) in [6.45, 7) is 0.776. The molecule has 1 aliphatic heterocycles. The van der Waals surface area contributed by atoms with Crippen molar-refractivity contribution in [1.82, 2.24) is 9.88 Å². The van der Waals surface area contributed by atoms with Gasteiger partial charge in [-0.2, -0.15) is 13.2 Å². The number of carbonyl (C=O) groups is 1. The maximum Gasteiger partial charge on any atom is 0.401 e. The fourth-order valence-electron chi connectivity index (χ4n) is 7.04. The van der Waals surface area contributed by atoms with Gasteiger partial charge in [-0.05, 0) is 68.1 Å². The Morgan fingerprint density at radius 1 is 1.11 bits per heavy atom. The number of alkyl halides is 5. The zero-order valence-corrected chi connectivity index (χ0v) is 19.8. The molecule has 10 heteroatoms. The third-order valence-electron chi connectivity index (χ3n) is 8.85. The van der Waals surface area contributed by atoms with Gasteiger partial charge in [-0.25, -0.2) is 8.78 Å². The van der Waals surface area contributed by atoms with Crippen molar-refractivity contribution >= 4 is 22.5 Å². The first-order chi connectivity index (χ1) is 17.1. The standard InChI is InChI=1S/C26H30F5N3O2/c27-25(28,29)13-34-11-16-5-14(6-17(16)12-34)3-4-36-18-1-2-22-19(9-18)23(10-32-22)33-24(35)15-7-20-21(8-15)26(20,30)31/h1-2,9-10,14-17,20-21,32H,3-8,11-13H2,(H,33,35)/t14?,15?,16-,17+,20?,21?. The molecule has 2 heterocycles. The summed E-state index contributed by atoms with van der Waals surface area (Å²) in [5.41, 5.74) is 1.45. The quantitative estimate of drug-likeness (QED) is 0.470. The van der Waals surface area contributed by atoms with Crippen molar-refractivity contribution in [2.45, 2.75) is 44.2 Å². The van der Waals surface area contributed by atoms with E-state index in [0.717, 1.165) is 30.2 Å². The molecule has 1 saturated heterocycles. The van der Waals surface area contributed by atoms with Gasteiger partial charge in [0, 0.05) is 47.9 Å². The molecule has 3 unspecified atom stereocenters. The van der Waals surface area contributed by atoms with Gasteiger partial charge in [0.05, 0.1) is 18.8 Å². The number of hydrogen-bond acceptors (Lipinski definition) is 3. The van der Waals surface area contributed by atoms with Crippen LogP contribution in [0.2, 0.25) is 0 Å². The van der Waals surface area contributed by atoms with Crippen LogP contribution in [0.15, 0.2) is 24.4 Å². The lowest BCUT2D eigenvalue weighted by atomic mass is 10.0. The van der Waals surface area contributed by atoms with Crippen molar-refractivity contribution in [3.05, 3.63) is 24.4 Å². The predicted octanol–water partition coefficient (Wildman–Crippen LogP) is 5.69. The van der Waals surface area contributed by atoms with Crippen molar-refractivity contribution in [2.75, 3.05) is 31.6 Å². The number of H-pyrrole nitrogens is 1. The average molecular weight is 512 g/mol. The lowest BCUT2D eigenvalue weighted by molar-refractivity contribution is -0.144. The lowest BCUT2D eigenvalue weighted by Gasteiger charge is -2.20. The molecule has 5 nitrogen and oxygen atoms in total. The fraction of sp³-hybridized carbons (Fsp3) is 0.654. The maximum absolute atomic E-state index is 13.4. The minimum Gasteiger partial charge on any atom is -0.494 e. The smallest absolute Gasteiger partial charge is 0.401 e. The molecular formula is C26H30F5N3O2. The summed E-state index contributed by atoms with van der Waals surface area (Å²) < 4.78 is 70.9. The van der Waals surface area contributed by atoms with Crippen LogP contribution in [0.1, 0.15) is 32.1 Å². The largest absolute Gasteiger partial charge is 0.494 e. The second kappa shape index (κ2) is 8.60. The van der Waals surface area contributed by atoms with Gasteiger partial charge in [-0.1, -0.05) is 0 Å². The van der Waals surface area contributed by atoms with Crippen LogP contribution < -0.4 is 10.1 Å². The van der Waals surface area contributed by atoms with Gasteiger partial charge in [0.2, 0.25) is 5.91 Å². The van der Waals surface area contributed by atoms with E-state index in [-0.39, 0.29) is 24.7 Å². The first-order valence-corrected chi connectivity index (χ1v) is 12.8. The Morgan fingerprint density at radius 3 is 2.47 bits per heavy atom. The highest BCUT2D eigenvalue weighted by atomic mass is 19.4. The van der Waals surface area contributed by atoms with E-state index < -0.39 is 30.5 Å². The van der Waals surface area contributed by atoms with E-state index in [1.54, 1.807) is 6.20 Å². The van der Waals surface area contributed by atoms with Gasteiger partial charge in [-0.15, -0.1) is 0 Å². The van der Waals surface area contributed by atoms with Gasteiger partial charge >= 0.3 is 6.18 Å². The van der Waals surface area contributed by atoms with Crippen LogP contribution in [0.3, 0.4) is 0 Å². The molecule has 4 aliphatic rings. The number of nitrogens with zero attached hydrogens (tertiary/aromatic N) is 1. The summed E-state index contributed by atoms with van der Waals surface area (Å²) >= 11 is 0. The highest BCUT2D eigenvalue weighted by Gasteiger charge is 2.72. The zero-order valence-electron chi connectivity index (χ0n) is 19.8. The first kappa shape index (κ1) is 24.0. The van der Waals surface area contributed by atoms with Gasteiger partial charge < -0.3 is 15.0 Å². The number of amides is 1. The summed E-state index contributed by atoms with van der Waals surface area (Å²) in [5, 5.41) is 3.70. The third kappa shape index (κ3) is 4.57. The third-order valence-corrected chi connectivity index (χ3v) is 8.85. The van der Waals surface area contributed by atoms with Crippen molar-refractivity contribution < 1.29 is 31.5 Å². The molecule has 3 aliphatic carbocycles. The van der Waals surface area contributed by atoms with E-state index in [1.807, 2.05) is 18.2 Å². The topological polar surface area (TPSA) is 57.4 Å². The normalized spacial score (nSPS) is 33.0. The molecular weight excluding hydrogens is 481 g/mol. The Morgan fingerprint density at radius 2 is 1.81 bits per heavy atom. The number of benzene rings is 1. The number of likely N-dealkylation sites (tertiary alicyclic amines) is 1. The lowest BCUT2D eigenvalue weighted by Crippen LogP contribution is -2.33. The van der Waals surface area contributed by atoms with Crippen LogP contribution >= 0.6 is 0 Å². The van der Waals surface area contributed by atoms with Crippen LogP contribution in [0, 0.1) is 35.5 Å². The number of carbonyl (C=O) groups excluding carboxylic acids is 1. The predicted molar refractivity (Wildman–Crippen MR) is 124 cm³/mol. The summed E-state index contributed by atoms with van der Waals surface area (Å²) in [5.74, 6) is -2.65. The van der Waals surface area contributed by atoms with Crippen LogP contribution in [0.5, 0.6) is 5.75 Å². The highest BCUT2D eigenvalue weighted by Crippen LogP contribution is 2.65. The molecule has 0 spiro atoms. The number of aromatic amines is 1. The van der Waals surface area contributed by atoms with Crippen LogP contribution in [-0.2, 0) is 4.79 Å². The number of nitrogens with one attached hydrogen (secondary N) is 2. The molecule has 1 aromatic carbocycles. The average Bonchev–Trinajstić information content (AvgIpc) is 3.39. The Kier molecular flexibility index (Phi) is 5.73. The monoisotopic (exact) mass is 511 g/mol. The molecule has 1 aromatic heterocycles. The molecule has 0 radical (unpaired) electrons. The van der Waals surface area contributed by atoms with Gasteiger partial charge in [0.15, 0.2) is 0 Å². The number of ether oxygens (including phenoxy) is 1. The number of anilines is 1. The van der Waals surface area contributed by atoms with E-state index in [0.29, 0.717) is 48.9 Å². The number of aromatic nitrogens is 1. The zero-order chi connectivity index (χ0) is 25.2. The summed E-state index contributed by atoms with van der Waals surface area (Å²) in [7, 11) is 0. The van der Waals surface area contributed by atoms with Crippen molar-refractivity contribution in [3.63, 3.8) is 0 Å². The van der Waals surface area contributed by atoms with E-state index in [2.05, 4.69) is 10.3 Å². The molecule has 0 bridgehead atoms. The van der Waals surface area contributed by atoms with Crippen molar-refractivity contribution in [3.8, 4) is 5.75 Å². The maximum atomic E-state index is 13.4. The molecule has 2 aromatic rings. The molecule has 6 rings (SSSR count). The molecule has 1 amide bonds. The number of hydrogen-bond donors (Lipinski definition) is 2. The Balaban J connectivity index is 0.991. The molecule has 36 heavy (non-hydrogen) atoms. The Bertz CT molecular complexity index is 1120. The second-order valence-electron chi connectivity index (χ2n) is 11.3. The highest BCUT2D eigenvalue weighted by molar-refractivity contribution is 6.02. The van der Waals surface area contributed by atoms with E-state index in [9.17, 15) is 26.7 Å². The van der Waals surface area contributed by atoms with Gasteiger partial charge in [0.25, 0.3) is 5.92 Å². The summed E-state index contributed by atoms with van der Waals surface area (Å²) in [6.07, 6.45) is 0.802. The van der Waals surface area contributed by atoms with Crippen LogP contribution in [-0.4, -0.2) is 54.1 Å². The summed E-state index contributed by atoms with van der Waals surface area (Å²) in [4.78, 5) is 17.3.